The molecule has 0 spiro atoms. The van der Waals surface area contributed by atoms with Crippen LogP contribution in [0.3, 0.4) is 0 Å². The zero-order chi connectivity index (χ0) is 18.5. The summed E-state index contributed by atoms with van der Waals surface area (Å²) in [6, 6.07) is 13.7. The molecule has 1 aliphatic rings. The third-order valence-electron chi connectivity index (χ3n) is 4.71. The number of aryl methyl sites for hydroxylation is 1. The SMILES string of the molecule is CCc1ccc(C2CN(C(=O)c3cc(OC)cc(OC)c3)CCO2)cc1. The Morgan fingerprint density at radius 1 is 1.12 bits per heavy atom. The van der Waals surface area contributed by atoms with E-state index in [4.69, 9.17) is 14.2 Å². The van der Waals surface area contributed by atoms with Gasteiger partial charge in [0.15, 0.2) is 0 Å². The molecule has 1 unspecified atom stereocenters. The molecule has 0 radical (unpaired) electrons. The lowest BCUT2D eigenvalue weighted by Gasteiger charge is -2.33. The molecule has 1 aliphatic heterocycles. The fourth-order valence-corrected chi connectivity index (χ4v) is 3.12. The first-order valence-electron chi connectivity index (χ1n) is 8.87. The van der Waals surface area contributed by atoms with Gasteiger partial charge in [0.2, 0.25) is 0 Å². The molecule has 1 amide bonds. The number of carbonyl (C=O) groups excluding carboxylic acids is 1. The average molecular weight is 355 g/mol. The number of rotatable bonds is 5. The number of hydrogen-bond acceptors (Lipinski definition) is 4. The Morgan fingerprint density at radius 3 is 2.35 bits per heavy atom. The molecule has 138 valence electrons. The van der Waals surface area contributed by atoms with Gasteiger partial charge in [0, 0.05) is 18.2 Å². The maximum Gasteiger partial charge on any atom is 0.254 e. The van der Waals surface area contributed by atoms with Gasteiger partial charge in [-0.25, -0.2) is 0 Å². The highest BCUT2D eigenvalue weighted by molar-refractivity contribution is 5.95. The van der Waals surface area contributed by atoms with Crippen molar-refractivity contribution in [1.29, 1.82) is 0 Å². The topological polar surface area (TPSA) is 48.0 Å². The molecule has 2 aromatic carbocycles. The van der Waals surface area contributed by atoms with Gasteiger partial charge >= 0.3 is 0 Å². The largest absolute Gasteiger partial charge is 0.497 e. The van der Waals surface area contributed by atoms with Crippen LogP contribution in [0.2, 0.25) is 0 Å². The molecule has 1 atom stereocenters. The number of hydrogen-bond donors (Lipinski definition) is 0. The van der Waals surface area contributed by atoms with E-state index < -0.39 is 0 Å². The van der Waals surface area contributed by atoms with Crippen LogP contribution in [0.4, 0.5) is 0 Å². The number of ether oxygens (including phenoxy) is 3. The molecule has 0 bridgehead atoms. The second-order valence-corrected chi connectivity index (χ2v) is 6.31. The maximum atomic E-state index is 13.0. The van der Waals surface area contributed by atoms with Crippen molar-refractivity contribution in [2.24, 2.45) is 0 Å². The van der Waals surface area contributed by atoms with Crippen LogP contribution < -0.4 is 9.47 Å². The first-order valence-corrected chi connectivity index (χ1v) is 8.87. The smallest absolute Gasteiger partial charge is 0.254 e. The van der Waals surface area contributed by atoms with Crippen molar-refractivity contribution in [3.05, 3.63) is 59.2 Å². The third kappa shape index (κ3) is 3.99. The number of benzene rings is 2. The van der Waals surface area contributed by atoms with Crippen LogP contribution >= 0.6 is 0 Å². The van der Waals surface area contributed by atoms with Gasteiger partial charge in [-0.1, -0.05) is 31.2 Å². The van der Waals surface area contributed by atoms with E-state index in [9.17, 15) is 4.79 Å². The lowest BCUT2D eigenvalue weighted by atomic mass is 10.0. The number of nitrogens with zero attached hydrogens (tertiary/aromatic N) is 1. The first-order chi connectivity index (χ1) is 12.6. The van der Waals surface area contributed by atoms with Crippen molar-refractivity contribution in [2.75, 3.05) is 33.9 Å². The number of amides is 1. The molecule has 1 heterocycles. The van der Waals surface area contributed by atoms with Crippen molar-refractivity contribution in [3.63, 3.8) is 0 Å². The molecular weight excluding hydrogens is 330 g/mol. The van der Waals surface area contributed by atoms with Crippen LogP contribution in [-0.2, 0) is 11.2 Å². The van der Waals surface area contributed by atoms with Gasteiger partial charge in [0.25, 0.3) is 5.91 Å². The predicted octanol–water partition coefficient (Wildman–Crippen LogP) is 3.48. The Balaban J connectivity index is 1.77. The zero-order valence-corrected chi connectivity index (χ0v) is 15.5. The standard InChI is InChI=1S/C21H25NO4/c1-4-15-5-7-16(8-6-15)20-14-22(9-10-26-20)21(23)17-11-18(24-2)13-19(12-17)25-3/h5-8,11-13,20H,4,9-10,14H2,1-3H3. The lowest BCUT2D eigenvalue weighted by molar-refractivity contribution is -0.0228. The van der Waals surface area contributed by atoms with Gasteiger partial charge in [-0.05, 0) is 29.7 Å². The van der Waals surface area contributed by atoms with Gasteiger partial charge < -0.3 is 19.1 Å². The Kier molecular flexibility index (Phi) is 5.78. The normalized spacial score (nSPS) is 17.0. The Bertz CT molecular complexity index is 735. The summed E-state index contributed by atoms with van der Waals surface area (Å²) in [7, 11) is 3.15. The molecule has 5 heteroatoms. The molecule has 26 heavy (non-hydrogen) atoms. The highest BCUT2D eigenvalue weighted by Gasteiger charge is 2.26. The summed E-state index contributed by atoms with van der Waals surface area (Å²) in [5.41, 5.74) is 2.95. The quantitative estimate of drug-likeness (QED) is 0.824. The van der Waals surface area contributed by atoms with Gasteiger partial charge in [-0.3, -0.25) is 4.79 Å². The van der Waals surface area contributed by atoms with E-state index in [1.54, 1.807) is 32.4 Å². The summed E-state index contributed by atoms with van der Waals surface area (Å²) in [6.07, 6.45) is 0.903. The van der Waals surface area contributed by atoms with E-state index in [0.29, 0.717) is 36.8 Å². The molecule has 1 saturated heterocycles. The van der Waals surface area contributed by atoms with E-state index in [0.717, 1.165) is 12.0 Å². The average Bonchev–Trinajstić information content (AvgIpc) is 2.72. The van der Waals surface area contributed by atoms with E-state index in [2.05, 4.69) is 31.2 Å². The predicted molar refractivity (Wildman–Crippen MR) is 100.0 cm³/mol. The van der Waals surface area contributed by atoms with Gasteiger partial charge in [-0.15, -0.1) is 0 Å². The maximum absolute atomic E-state index is 13.0. The number of morpholine rings is 1. The van der Waals surface area contributed by atoms with Crippen molar-refractivity contribution < 1.29 is 19.0 Å². The summed E-state index contributed by atoms with van der Waals surface area (Å²) < 4.78 is 16.4. The number of carbonyl (C=O) groups is 1. The zero-order valence-electron chi connectivity index (χ0n) is 15.5. The van der Waals surface area contributed by atoms with Gasteiger partial charge in [0.1, 0.15) is 17.6 Å². The molecule has 0 aromatic heterocycles. The third-order valence-corrected chi connectivity index (χ3v) is 4.71. The van der Waals surface area contributed by atoms with Crippen LogP contribution in [0, 0.1) is 0 Å². The second-order valence-electron chi connectivity index (χ2n) is 6.31. The van der Waals surface area contributed by atoms with Crippen LogP contribution in [0.15, 0.2) is 42.5 Å². The summed E-state index contributed by atoms with van der Waals surface area (Å²) in [5, 5.41) is 0. The molecule has 1 fully saturated rings. The molecule has 0 N–H and O–H groups in total. The summed E-state index contributed by atoms with van der Waals surface area (Å²) in [6.45, 7) is 3.76. The lowest BCUT2D eigenvalue weighted by Crippen LogP contribution is -2.42. The highest BCUT2D eigenvalue weighted by Crippen LogP contribution is 2.27. The molecule has 0 aliphatic carbocycles. The monoisotopic (exact) mass is 355 g/mol. The summed E-state index contributed by atoms with van der Waals surface area (Å²) >= 11 is 0. The molecule has 2 aromatic rings. The fourth-order valence-electron chi connectivity index (χ4n) is 3.12. The molecular formula is C21H25NO4. The van der Waals surface area contributed by atoms with E-state index in [1.807, 2.05) is 4.90 Å². The van der Waals surface area contributed by atoms with Crippen LogP contribution in [-0.4, -0.2) is 44.7 Å². The van der Waals surface area contributed by atoms with E-state index in [-0.39, 0.29) is 12.0 Å². The Morgan fingerprint density at radius 2 is 1.77 bits per heavy atom. The summed E-state index contributed by atoms with van der Waals surface area (Å²) in [5.74, 6) is 1.17. The first kappa shape index (κ1) is 18.3. The van der Waals surface area contributed by atoms with E-state index >= 15 is 0 Å². The van der Waals surface area contributed by atoms with Crippen molar-refractivity contribution in [3.8, 4) is 11.5 Å². The highest BCUT2D eigenvalue weighted by atomic mass is 16.5. The summed E-state index contributed by atoms with van der Waals surface area (Å²) in [4.78, 5) is 14.8. The van der Waals surface area contributed by atoms with E-state index in [1.165, 1.54) is 5.56 Å². The molecule has 3 rings (SSSR count). The fraction of sp³-hybridized carbons (Fsp3) is 0.381. The van der Waals surface area contributed by atoms with Crippen molar-refractivity contribution in [2.45, 2.75) is 19.4 Å². The minimum atomic E-state index is -0.105. The Hall–Kier alpha value is -2.53. The van der Waals surface area contributed by atoms with Gasteiger partial charge in [0.05, 0.1) is 27.4 Å². The van der Waals surface area contributed by atoms with Gasteiger partial charge in [-0.2, -0.15) is 0 Å². The molecule has 0 saturated carbocycles. The van der Waals surface area contributed by atoms with Crippen LogP contribution in [0.25, 0.3) is 0 Å². The number of methoxy groups -OCH3 is 2. The minimum Gasteiger partial charge on any atom is -0.497 e. The van der Waals surface area contributed by atoms with Crippen LogP contribution in [0.5, 0.6) is 11.5 Å². The molecule has 5 nitrogen and oxygen atoms in total. The van der Waals surface area contributed by atoms with Crippen molar-refractivity contribution >= 4 is 5.91 Å². The van der Waals surface area contributed by atoms with Crippen molar-refractivity contribution in [1.82, 2.24) is 4.90 Å². The minimum absolute atomic E-state index is 0.0410. The van der Waals surface area contributed by atoms with Crippen LogP contribution in [0.1, 0.15) is 34.5 Å². The second kappa shape index (κ2) is 8.23. The Labute approximate surface area is 154 Å².